The molecule has 0 fully saturated rings. The van der Waals surface area contributed by atoms with Gasteiger partial charge in [0.1, 0.15) is 5.82 Å². The van der Waals surface area contributed by atoms with Gasteiger partial charge < -0.3 is 5.11 Å². The summed E-state index contributed by atoms with van der Waals surface area (Å²) in [5, 5.41) is 19.1. The molecule has 0 aliphatic heterocycles. The van der Waals surface area contributed by atoms with Crippen LogP contribution in [0.1, 0.15) is 12.0 Å². The lowest BCUT2D eigenvalue weighted by molar-refractivity contribution is -0.385. The first-order valence-corrected chi connectivity index (χ1v) is 4.19. The maximum absolute atomic E-state index is 12.8. The van der Waals surface area contributed by atoms with Gasteiger partial charge in [-0.25, -0.2) is 4.39 Å². The number of aryl methyl sites for hydroxylation is 1. The van der Waals surface area contributed by atoms with Crippen molar-refractivity contribution in [1.82, 2.24) is 0 Å². The number of nitrogens with zero attached hydrogens (tertiary/aromatic N) is 1. The average Bonchev–Trinajstić information content (AvgIpc) is 2.14. The Morgan fingerprint density at radius 1 is 1.50 bits per heavy atom. The molecule has 76 valence electrons. The van der Waals surface area contributed by atoms with Crippen LogP contribution in [0.3, 0.4) is 0 Å². The third kappa shape index (κ3) is 2.50. The Labute approximate surface area is 80.1 Å². The zero-order valence-electron chi connectivity index (χ0n) is 7.44. The van der Waals surface area contributed by atoms with Gasteiger partial charge in [-0.1, -0.05) is 0 Å². The zero-order valence-corrected chi connectivity index (χ0v) is 7.44. The number of rotatable bonds is 4. The lowest BCUT2D eigenvalue weighted by Gasteiger charge is -2.01. The van der Waals surface area contributed by atoms with Crippen molar-refractivity contribution in [3.63, 3.8) is 0 Å². The van der Waals surface area contributed by atoms with Crippen molar-refractivity contribution in [2.75, 3.05) is 6.61 Å². The second-order valence-corrected chi connectivity index (χ2v) is 2.86. The molecule has 0 aliphatic carbocycles. The summed E-state index contributed by atoms with van der Waals surface area (Å²) in [7, 11) is 0. The van der Waals surface area contributed by atoms with E-state index in [4.69, 9.17) is 5.11 Å². The molecule has 1 rings (SSSR count). The van der Waals surface area contributed by atoms with Crippen molar-refractivity contribution < 1.29 is 14.4 Å². The SMILES string of the molecule is O=[N+]([O-])c1ccc(F)cc1CCCO. The summed E-state index contributed by atoms with van der Waals surface area (Å²) in [6.45, 7) is -0.0618. The number of aliphatic hydroxyl groups is 1. The highest BCUT2D eigenvalue weighted by Crippen LogP contribution is 2.20. The normalized spacial score (nSPS) is 10.1. The molecule has 0 atom stereocenters. The van der Waals surface area contributed by atoms with Crippen LogP contribution in [-0.4, -0.2) is 16.6 Å². The van der Waals surface area contributed by atoms with E-state index in [9.17, 15) is 14.5 Å². The maximum atomic E-state index is 12.8. The second kappa shape index (κ2) is 4.66. The van der Waals surface area contributed by atoms with Gasteiger partial charge in [-0.3, -0.25) is 10.1 Å². The van der Waals surface area contributed by atoms with E-state index in [1.165, 1.54) is 0 Å². The molecule has 0 heterocycles. The molecular weight excluding hydrogens is 189 g/mol. The predicted octanol–water partition coefficient (Wildman–Crippen LogP) is 1.66. The van der Waals surface area contributed by atoms with Crippen molar-refractivity contribution >= 4 is 5.69 Å². The number of halogens is 1. The summed E-state index contributed by atoms with van der Waals surface area (Å²) in [6.07, 6.45) is 0.703. The van der Waals surface area contributed by atoms with E-state index in [0.29, 0.717) is 18.4 Å². The van der Waals surface area contributed by atoms with Crippen LogP contribution < -0.4 is 0 Å². The standard InChI is InChI=1S/C9H10FNO3/c10-8-3-4-9(11(13)14)7(6-8)2-1-5-12/h3-4,6,12H,1-2,5H2. The fourth-order valence-electron chi connectivity index (χ4n) is 1.20. The second-order valence-electron chi connectivity index (χ2n) is 2.86. The summed E-state index contributed by atoms with van der Waals surface area (Å²) < 4.78 is 12.8. The Kier molecular flexibility index (Phi) is 3.53. The minimum absolute atomic E-state index is 0.0618. The van der Waals surface area contributed by atoms with E-state index < -0.39 is 10.7 Å². The van der Waals surface area contributed by atoms with Crippen LogP contribution in [0.5, 0.6) is 0 Å². The molecule has 1 aromatic carbocycles. The first-order valence-electron chi connectivity index (χ1n) is 4.19. The number of nitro benzene ring substituents is 1. The first kappa shape index (κ1) is 10.6. The van der Waals surface area contributed by atoms with Crippen molar-refractivity contribution in [2.45, 2.75) is 12.8 Å². The Morgan fingerprint density at radius 3 is 2.79 bits per heavy atom. The van der Waals surface area contributed by atoms with Crippen LogP contribution in [0.2, 0.25) is 0 Å². The van der Waals surface area contributed by atoms with Crippen LogP contribution in [0.25, 0.3) is 0 Å². The Bertz CT molecular complexity index is 341. The molecule has 1 aromatic rings. The van der Waals surface area contributed by atoms with Gasteiger partial charge in [0.2, 0.25) is 0 Å². The van der Waals surface area contributed by atoms with Gasteiger partial charge in [0.15, 0.2) is 0 Å². The van der Waals surface area contributed by atoms with Crippen LogP contribution >= 0.6 is 0 Å². The molecule has 0 unspecified atom stereocenters. The summed E-state index contributed by atoms with van der Waals surface area (Å²) in [6, 6.07) is 3.33. The lowest BCUT2D eigenvalue weighted by atomic mass is 10.1. The van der Waals surface area contributed by atoms with Gasteiger partial charge in [-0.2, -0.15) is 0 Å². The fourth-order valence-corrected chi connectivity index (χ4v) is 1.20. The lowest BCUT2D eigenvalue weighted by Crippen LogP contribution is -1.97. The molecule has 0 spiro atoms. The summed E-state index contributed by atoms with van der Waals surface area (Å²) in [5.41, 5.74) is 0.226. The number of aliphatic hydroxyl groups excluding tert-OH is 1. The monoisotopic (exact) mass is 199 g/mol. The molecule has 0 radical (unpaired) electrons. The molecule has 0 bridgehead atoms. The fraction of sp³-hybridized carbons (Fsp3) is 0.333. The quantitative estimate of drug-likeness (QED) is 0.592. The van der Waals surface area contributed by atoms with Gasteiger partial charge in [0.25, 0.3) is 5.69 Å². The largest absolute Gasteiger partial charge is 0.396 e. The molecule has 0 saturated carbocycles. The molecule has 14 heavy (non-hydrogen) atoms. The summed E-state index contributed by atoms with van der Waals surface area (Å²) in [5.74, 6) is -0.497. The van der Waals surface area contributed by atoms with Gasteiger partial charge in [-0.15, -0.1) is 0 Å². The Hall–Kier alpha value is -1.49. The van der Waals surface area contributed by atoms with Gasteiger partial charge in [0.05, 0.1) is 4.92 Å². The highest BCUT2D eigenvalue weighted by Gasteiger charge is 2.13. The average molecular weight is 199 g/mol. The first-order chi connectivity index (χ1) is 6.65. The number of hydrogen-bond acceptors (Lipinski definition) is 3. The third-order valence-electron chi connectivity index (χ3n) is 1.84. The van der Waals surface area contributed by atoms with Crippen molar-refractivity contribution in [3.05, 3.63) is 39.7 Å². The van der Waals surface area contributed by atoms with E-state index in [-0.39, 0.29) is 12.3 Å². The molecule has 0 aliphatic rings. The predicted molar refractivity (Wildman–Crippen MR) is 48.5 cm³/mol. The molecule has 0 aromatic heterocycles. The van der Waals surface area contributed by atoms with Crippen LogP contribution in [-0.2, 0) is 6.42 Å². The maximum Gasteiger partial charge on any atom is 0.272 e. The third-order valence-corrected chi connectivity index (χ3v) is 1.84. The Morgan fingerprint density at radius 2 is 2.21 bits per heavy atom. The summed E-state index contributed by atoms with van der Waals surface area (Å²) in [4.78, 5) is 9.97. The molecule has 0 amide bonds. The number of hydrogen-bond donors (Lipinski definition) is 1. The van der Waals surface area contributed by atoms with Gasteiger partial charge >= 0.3 is 0 Å². The van der Waals surface area contributed by atoms with Crippen LogP contribution in [0.4, 0.5) is 10.1 Å². The zero-order chi connectivity index (χ0) is 10.6. The van der Waals surface area contributed by atoms with Crippen molar-refractivity contribution in [1.29, 1.82) is 0 Å². The molecule has 4 nitrogen and oxygen atoms in total. The van der Waals surface area contributed by atoms with Crippen LogP contribution in [0.15, 0.2) is 18.2 Å². The van der Waals surface area contributed by atoms with Gasteiger partial charge in [-0.05, 0) is 25.0 Å². The van der Waals surface area contributed by atoms with E-state index in [2.05, 4.69) is 0 Å². The molecule has 0 saturated heterocycles. The molecule has 1 N–H and O–H groups in total. The minimum Gasteiger partial charge on any atom is -0.396 e. The van der Waals surface area contributed by atoms with Crippen molar-refractivity contribution in [3.8, 4) is 0 Å². The van der Waals surface area contributed by atoms with E-state index in [1.807, 2.05) is 0 Å². The number of benzene rings is 1. The highest BCUT2D eigenvalue weighted by atomic mass is 19.1. The minimum atomic E-state index is -0.549. The van der Waals surface area contributed by atoms with Crippen molar-refractivity contribution in [2.24, 2.45) is 0 Å². The molecule has 5 heteroatoms. The molecular formula is C9H10FNO3. The van der Waals surface area contributed by atoms with E-state index in [1.54, 1.807) is 0 Å². The highest BCUT2D eigenvalue weighted by molar-refractivity contribution is 5.40. The smallest absolute Gasteiger partial charge is 0.272 e. The van der Waals surface area contributed by atoms with E-state index in [0.717, 1.165) is 18.2 Å². The van der Waals surface area contributed by atoms with E-state index >= 15 is 0 Å². The number of nitro groups is 1. The summed E-state index contributed by atoms with van der Waals surface area (Å²) >= 11 is 0. The van der Waals surface area contributed by atoms with Crippen LogP contribution in [0, 0.1) is 15.9 Å². The van der Waals surface area contributed by atoms with Gasteiger partial charge in [0, 0.05) is 18.2 Å². The topological polar surface area (TPSA) is 63.4 Å². The Balaban J connectivity index is 2.97.